The Bertz CT molecular complexity index is 4950. The van der Waals surface area contributed by atoms with Gasteiger partial charge in [-0.15, -0.1) is 10.2 Å². The molecule has 2 aromatic heterocycles. The zero-order valence-electron chi connectivity index (χ0n) is 44.1. The van der Waals surface area contributed by atoms with Gasteiger partial charge in [0.05, 0.1) is 48.9 Å². The number of phenols is 2. The number of halogens is 2. The van der Waals surface area contributed by atoms with Crippen LogP contribution < -0.4 is 20.9 Å². The molecule has 10 N–H and O–H groups in total. The van der Waals surface area contributed by atoms with E-state index in [0.29, 0.717) is 22.9 Å². The number of hydrogen-bond donors (Lipinski definition) is 10. The fraction of sp³-hybridized carbons (Fsp3) is 0.0870. The summed E-state index contributed by atoms with van der Waals surface area (Å²) in [5.74, 6) is -3.73. The monoisotopic (exact) mass is 1380 g/mol. The van der Waals surface area contributed by atoms with Crippen molar-refractivity contribution >= 4 is 192 Å². The first-order chi connectivity index (χ1) is 40.6. The number of phenolic OH excluding ortho intramolecular Hbond substituents is 2. The first kappa shape index (κ1) is 67.9. The number of benzene rings is 6. The molecular weight excluding hydrogens is 1340 g/mol. The van der Waals surface area contributed by atoms with Crippen molar-refractivity contribution in [3.05, 3.63) is 119 Å². The number of azo groups is 2. The van der Waals surface area contributed by atoms with E-state index in [9.17, 15) is 84.0 Å². The SMILES string of the molecule is C=CS(=O)(=O)c1ccc(N=Nc2c(S(=O)(=O)O)cc3cc(S(=O)(=O)O)cc(Nc4nc(Cl)nc(NCCN(CCO)c5nc(Cl)nc(Nc6cc(S(=O)(=O)O)cc7cc(S(=O)(=O)O)c(N=Nc8ccc(S(=O)(=O)C=C)cc8)c(O)c67)n5)n4)c3c2O)cc1.[Na]. The van der Waals surface area contributed by atoms with Crippen LogP contribution in [-0.2, 0) is 60.1 Å². The van der Waals surface area contributed by atoms with Gasteiger partial charge in [-0.2, -0.15) is 73.8 Å². The van der Waals surface area contributed by atoms with E-state index in [0.717, 1.165) is 48.5 Å². The summed E-state index contributed by atoms with van der Waals surface area (Å²) in [6.07, 6.45) is 0. The van der Waals surface area contributed by atoms with E-state index in [-0.39, 0.29) is 82.3 Å². The fourth-order valence-corrected chi connectivity index (χ4v) is 11.9. The Morgan fingerprint density at radius 3 is 1.28 bits per heavy atom. The number of rotatable bonds is 23. The molecule has 0 saturated heterocycles. The second-order valence-electron chi connectivity index (χ2n) is 17.4. The Morgan fingerprint density at radius 1 is 0.500 bits per heavy atom. The number of sulfone groups is 2. The van der Waals surface area contributed by atoms with E-state index >= 15 is 0 Å². The third kappa shape index (κ3) is 15.6. The molecule has 8 aromatic rings. The number of aliphatic hydroxyl groups is 1. The molecule has 0 fully saturated rings. The van der Waals surface area contributed by atoms with Crippen molar-refractivity contribution in [1.29, 1.82) is 0 Å². The van der Waals surface area contributed by atoms with Crippen LogP contribution >= 0.6 is 23.2 Å². The predicted octanol–water partition coefficient (Wildman–Crippen LogP) is 6.75. The number of aromatic hydroxyl groups is 2. The van der Waals surface area contributed by atoms with Gasteiger partial charge in [-0.1, -0.05) is 13.2 Å². The molecule has 0 atom stereocenters. The van der Waals surface area contributed by atoms with Crippen LogP contribution in [0.1, 0.15) is 0 Å². The first-order valence-corrected chi connectivity index (χ1v) is 33.0. The van der Waals surface area contributed by atoms with Crippen LogP contribution in [0.5, 0.6) is 11.5 Å². The third-order valence-corrected chi connectivity index (χ3v) is 18.2. The minimum Gasteiger partial charge on any atom is -0.505 e. The second kappa shape index (κ2) is 26.2. The minimum atomic E-state index is -5.32. The van der Waals surface area contributed by atoms with Gasteiger partial charge < -0.3 is 36.2 Å². The molecule has 1 radical (unpaired) electrons. The number of nitrogens with zero attached hydrogens (tertiary/aromatic N) is 11. The number of fused-ring (bicyclic) bond motifs is 2. The topological polar surface area (TPSA) is 513 Å². The summed E-state index contributed by atoms with van der Waals surface area (Å²) in [5.41, 5.74) is -2.91. The summed E-state index contributed by atoms with van der Waals surface area (Å²) >= 11 is 12.6. The molecule has 6 aromatic carbocycles. The van der Waals surface area contributed by atoms with Gasteiger partial charge in [0.1, 0.15) is 21.2 Å². The quantitative estimate of drug-likeness (QED) is 0.0180. The van der Waals surface area contributed by atoms with E-state index < -0.39 is 165 Å². The molecule has 0 aliphatic carbocycles. The van der Waals surface area contributed by atoms with Crippen LogP contribution in [0.4, 0.5) is 57.9 Å². The second-order valence-corrected chi connectivity index (χ2v) is 27.4. The molecule has 0 spiro atoms. The summed E-state index contributed by atoms with van der Waals surface area (Å²) in [7, 11) is -28.6. The van der Waals surface area contributed by atoms with Crippen LogP contribution in [0.3, 0.4) is 0 Å². The van der Waals surface area contributed by atoms with E-state index in [4.69, 9.17) is 23.2 Å². The van der Waals surface area contributed by atoms with Crippen LogP contribution in [0.2, 0.25) is 10.6 Å². The van der Waals surface area contributed by atoms with E-state index in [1.165, 1.54) is 29.2 Å². The van der Waals surface area contributed by atoms with Crippen molar-refractivity contribution in [2.75, 3.05) is 47.1 Å². The molecule has 0 amide bonds. The van der Waals surface area contributed by atoms with Crippen molar-refractivity contribution in [2.24, 2.45) is 20.5 Å². The Kier molecular flexibility index (Phi) is 20.3. The number of aliphatic hydroxyl groups excluding tert-OH is 1. The van der Waals surface area contributed by atoms with Crippen molar-refractivity contribution in [1.82, 2.24) is 29.9 Å². The van der Waals surface area contributed by atoms with Crippen molar-refractivity contribution < 1.29 is 84.0 Å². The summed E-state index contributed by atoms with van der Waals surface area (Å²) in [4.78, 5) is 21.5. The molecule has 0 saturated carbocycles. The summed E-state index contributed by atoms with van der Waals surface area (Å²) in [5, 5.41) is 55.4. The number of hydrogen-bond acceptors (Lipinski definition) is 29. The standard InChI is InChI=1S/C46H38Cl2N14O19S6.Na/c1-3-82(66,67)27-9-5-25(6-10-27)58-60-37-33(86(76,77)78)19-23-17-29(84(70,71)72)21-31(35(23)39(37)64)50-44-53-41(47)52-43(56-44)49-13-14-62(15-16-63)46-55-42(48)54-45(57-46)51-32-22-30(85(73,74)75)18-24-20-34(87(79,80)81)38(40(65)36(24)32)61-59-26-7-11-28(12-8-26)83(68,69)4-2;/h3-12,17-22,63-65H,1-2,13-16H2,(H,70,71,72)(H,73,74,75)(H,76,77,78)(H,79,80,81)(H,51,54,55,57)(H2,49,50,52,53,56);. The zero-order valence-corrected chi connectivity index (χ0v) is 52.5. The smallest absolute Gasteiger partial charge is 0.296 e. The van der Waals surface area contributed by atoms with Crippen LogP contribution in [0, 0.1) is 0 Å². The average Bonchev–Trinajstić information content (AvgIpc) is 0.778. The molecule has 33 nitrogen and oxygen atoms in total. The molecular formula is C46H38Cl2N14NaO19S6. The molecule has 8 rings (SSSR count). The van der Waals surface area contributed by atoms with Crippen LogP contribution in [-0.4, -0.2) is 170 Å². The van der Waals surface area contributed by atoms with Crippen molar-refractivity contribution in [3.63, 3.8) is 0 Å². The number of nitrogens with one attached hydrogen (secondary N) is 3. The van der Waals surface area contributed by atoms with Gasteiger partial charge in [0, 0.05) is 70.8 Å². The third-order valence-electron chi connectivity index (χ3n) is 11.7. The van der Waals surface area contributed by atoms with E-state index in [1.54, 1.807) is 0 Å². The molecule has 0 unspecified atom stereocenters. The number of anilines is 6. The molecule has 0 bridgehead atoms. The largest absolute Gasteiger partial charge is 0.505 e. The van der Waals surface area contributed by atoms with Crippen LogP contribution in [0.25, 0.3) is 21.5 Å². The molecule has 2 heterocycles. The average molecular weight is 1380 g/mol. The summed E-state index contributed by atoms with van der Waals surface area (Å²) in [6.45, 7) is 5.28. The van der Waals surface area contributed by atoms with Gasteiger partial charge in [0.25, 0.3) is 40.5 Å². The maximum atomic E-state index is 12.7. The molecule has 457 valence electrons. The molecule has 42 heteroatoms. The van der Waals surface area contributed by atoms with Gasteiger partial charge in [-0.3, -0.25) is 18.2 Å². The maximum Gasteiger partial charge on any atom is 0.296 e. The zero-order chi connectivity index (χ0) is 63.8. The van der Waals surface area contributed by atoms with Crippen molar-refractivity contribution in [3.8, 4) is 11.5 Å². The van der Waals surface area contributed by atoms with E-state index in [2.05, 4.69) is 79.5 Å². The van der Waals surface area contributed by atoms with Gasteiger partial charge >= 0.3 is 0 Å². The Morgan fingerprint density at radius 2 is 0.898 bits per heavy atom. The Labute approximate surface area is 529 Å². The normalized spacial score (nSPS) is 12.5. The van der Waals surface area contributed by atoms with E-state index in [1.807, 2.05) is 0 Å². The fourth-order valence-electron chi connectivity index (χ4n) is 7.81. The predicted molar refractivity (Wildman–Crippen MR) is 316 cm³/mol. The molecule has 0 aliphatic rings. The summed E-state index contributed by atoms with van der Waals surface area (Å²) < 4.78 is 190. The van der Waals surface area contributed by atoms with Gasteiger partial charge in [-0.25, -0.2) is 16.8 Å². The minimum absolute atomic E-state index is 0. The Balaban J connectivity index is 0.0000110. The Hall–Kier alpha value is -7.58. The molecule has 0 aliphatic heterocycles. The molecule has 88 heavy (non-hydrogen) atoms. The van der Waals surface area contributed by atoms with Crippen LogP contribution in [0.15, 0.2) is 159 Å². The van der Waals surface area contributed by atoms with Gasteiger partial charge in [-0.05, 0) is 119 Å². The summed E-state index contributed by atoms with van der Waals surface area (Å²) in [6, 6.07) is 13.6. The maximum absolute atomic E-state index is 12.7. The van der Waals surface area contributed by atoms with Gasteiger partial charge in [0.2, 0.25) is 34.4 Å². The first-order valence-electron chi connectivity index (χ1n) is 23.4. The van der Waals surface area contributed by atoms with Gasteiger partial charge in [0.15, 0.2) is 31.2 Å². The van der Waals surface area contributed by atoms with Crippen molar-refractivity contribution in [2.45, 2.75) is 29.4 Å². The number of aromatic nitrogens is 6.